The highest BCUT2D eigenvalue weighted by molar-refractivity contribution is 7.15. The normalized spacial score (nSPS) is 10.9. The molecule has 0 amide bonds. The Labute approximate surface area is 111 Å². The number of rotatable bonds is 3. The highest BCUT2D eigenvalue weighted by Gasteiger charge is 2.04. The van der Waals surface area contributed by atoms with Crippen LogP contribution in [0.4, 0.5) is 5.69 Å². The average Bonchev–Trinajstić information content (AvgIpc) is 2.94. The van der Waals surface area contributed by atoms with Crippen molar-refractivity contribution < 1.29 is 0 Å². The third-order valence-electron chi connectivity index (χ3n) is 2.38. The van der Waals surface area contributed by atoms with E-state index in [1.165, 1.54) is 22.9 Å². The number of thiazole rings is 1. The Balaban J connectivity index is 1.83. The van der Waals surface area contributed by atoms with Crippen molar-refractivity contribution in [3.8, 4) is 0 Å². The first-order valence-electron chi connectivity index (χ1n) is 5.00. The van der Waals surface area contributed by atoms with Gasteiger partial charge in [-0.05, 0) is 23.7 Å². The topological polar surface area (TPSA) is 37.8 Å². The summed E-state index contributed by atoms with van der Waals surface area (Å²) in [5, 5.41) is 6.60. The van der Waals surface area contributed by atoms with E-state index in [1.54, 1.807) is 6.20 Å². The van der Waals surface area contributed by atoms with Crippen molar-refractivity contribution in [3.63, 3.8) is 0 Å². The number of benzene rings is 1. The Morgan fingerprint density at radius 3 is 3.12 bits per heavy atom. The predicted molar refractivity (Wildman–Crippen MR) is 74.1 cm³/mol. The van der Waals surface area contributed by atoms with Gasteiger partial charge < -0.3 is 5.32 Å². The molecule has 0 atom stereocenters. The van der Waals surface area contributed by atoms with Gasteiger partial charge in [0.2, 0.25) is 0 Å². The van der Waals surface area contributed by atoms with Gasteiger partial charge in [0, 0.05) is 27.5 Å². The van der Waals surface area contributed by atoms with Crippen molar-refractivity contribution in [1.29, 1.82) is 0 Å². The van der Waals surface area contributed by atoms with Gasteiger partial charge >= 0.3 is 0 Å². The van der Waals surface area contributed by atoms with Crippen LogP contribution in [0.3, 0.4) is 0 Å². The molecule has 3 rings (SSSR count). The molecule has 0 spiro atoms. The molecule has 17 heavy (non-hydrogen) atoms. The van der Waals surface area contributed by atoms with E-state index in [0.29, 0.717) is 4.47 Å². The molecule has 6 heteroatoms. The number of halogens is 1. The van der Waals surface area contributed by atoms with E-state index in [0.717, 1.165) is 28.0 Å². The standard InChI is InChI=1S/C11H8ClN3S2/c12-11-14-5-7(17-11)4-13-9-2-1-3-10-8(9)6-16-15-10/h1-3,5-6,13H,4H2. The first-order valence-corrected chi connectivity index (χ1v) is 7.03. The smallest absolute Gasteiger partial charge is 0.183 e. The van der Waals surface area contributed by atoms with Crippen molar-refractivity contribution in [3.05, 3.63) is 39.1 Å². The summed E-state index contributed by atoms with van der Waals surface area (Å²) in [6.45, 7) is 0.735. The summed E-state index contributed by atoms with van der Waals surface area (Å²) in [4.78, 5) is 5.14. The van der Waals surface area contributed by atoms with Gasteiger partial charge in [-0.25, -0.2) is 4.98 Å². The zero-order valence-electron chi connectivity index (χ0n) is 8.68. The fraction of sp³-hybridized carbons (Fsp3) is 0.0909. The molecular formula is C11H8ClN3S2. The fourth-order valence-corrected chi connectivity index (χ4v) is 3.19. The minimum Gasteiger partial charge on any atom is -0.380 e. The molecule has 2 heterocycles. The summed E-state index contributed by atoms with van der Waals surface area (Å²) in [7, 11) is 0. The first-order chi connectivity index (χ1) is 8.33. The third kappa shape index (κ3) is 2.26. The van der Waals surface area contributed by atoms with Crippen molar-refractivity contribution in [1.82, 2.24) is 9.36 Å². The number of hydrogen-bond donors (Lipinski definition) is 1. The monoisotopic (exact) mass is 281 g/mol. The number of nitrogens with one attached hydrogen (secondary N) is 1. The lowest BCUT2D eigenvalue weighted by atomic mass is 10.2. The predicted octanol–water partition coefficient (Wildman–Crippen LogP) is 4.02. The fourth-order valence-electron chi connectivity index (χ4n) is 1.59. The van der Waals surface area contributed by atoms with Crippen molar-refractivity contribution in [2.24, 2.45) is 0 Å². The molecule has 0 saturated carbocycles. The Bertz CT molecular complexity index is 647. The second-order valence-electron chi connectivity index (χ2n) is 3.49. The lowest BCUT2D eigenvalue weighted by Gasteiger charge is -2.05. The minimum absolute atomic E-state index is 0.581. The summed E-state index contributed by atoms with van der Waals surface area (Å²) in [5.74, 6) is 0. The molecule has 0 saturated heterocycles. The van der Waals surface area contributed by atoms with Crippen LogP contribution in [0.5, 0.6) is 0 Å². The molecule has 3 aromatic rings. The van der Waals surface area contributed by atoms with Crippen LogP contribution in [0, 0.1) is 0 Å². The van der Waals surface area contributed by atoms with Crippen LogP contribution >= 0.6 is 34.5 Å². The van der Waals surface area contributed by atoms with Crippen molar-refractivity contribution in [2.45, 2.75) is 6.54 Å². The summed E-state index contributed by atoms with van der Waals surface area (Å²) >= 11 is 8.76. The maximum absolute atomic E-state index is 5.79. The zero-order chi connectivity index (χ0) is 11.7. The summed E-state index contributed by atoms with van der Waals surface area (Å²) in [6, 6.07) is 6.07. The molecule has 0 unspecified atom stereocenters. The third-order valence-corrected chi connectivity index (χ3v) is 4.14. The van der Waals surface area contributed by atoms with Crippen LogP contribution in [-0.2, 0) is 6.54 Å². The molecule has 3 nitrogen and oxygen atoms in total. The Kier molecular flexibility index (Phi) is 2.96. The molecule has 0 aliphatic heterocycles. The molecule has 0 aliphatic carbocycles. The Morgan fingerprint density at radius 2 is 2.29 bits per heavy atom. The largest absolute Gasteiger partial charge is 0.380 e. The molecule has 86 valence electrons. The van der Waals surface area contributed by atoms with Gasteiger partial charge in [0.15, 0.2) is 4.47 Å². The van der Waals surface area contributed by atoms with E-state index in [1.807, 2.05) is 12.1 Å². The van der Waals surface area contributed by atoms with Crippen molar-refractivity contribution >= 4 is 51.1 Å². The number of nitrogens with zero attached hydrogens (tertiary/aromatic N) is 2. The first kappa shape index (κ1) is 11.0. The van der Waals surface area contributed by atoms with E-state index >= 15 is 0 Å². The summed E-state index contributed by atoms with van der Waals surface area (Å²) in [5.41, 5.74) is 2.13. The lowest BCUT2D eigenvalue weighted by Crippen LogP contribution is -1.97. The minimum atomic E-state index is 0.581. The summed E-state index contributed by atoms with van der Waals surface area (Å²) < 4.78 is 4.89. The Morgan fingerprint density at radius 1 is 1.35 bits per heavy atom. The maximum Gasteiger partial charge on any atom is 0.183 e. The van der Waals surface area contributed by atoms with Crippen LogP contribution < -0.4 is 5.32 Å². The van der Waals surface area contributed by atoms with Gasteiger partial charge in [0.05, 0.1) is 12.1 Å². The molecule has 2 aromatic heterocycles. The van der Waals surface area contributed by atoms with Crippen LogP contribution in [0.15, 0.2) is 29.8 Å². The number of fused-ring (bicyclic) bond motifs is 1. The lowest BCUT2D eigenvalue weighted by molar-refractivity contribution is 1.18. The quantitative estimate of drug-likeness (QED) is 0.788. The van der Waals surface area contributed by atoms with Gasteiger partial charge in [0.25, 0.3) is 0 Å². The van der Waals surface area contributed by atoms with Crippen molar-refractivity contribution in [2.75, 3.05) is 5.32 Å². The zero-order valence-corrected chi connectivity index (χ0v) is 11.1. The molecule has 0 radical (unpaired) electrons. The van der Waals surface area contributed by atoms with Gasteiger partial charge in [-0.15, -0.1) is 11.3 Å². The van der Waals surface area contributed by atoms with Crippen LogP contribution in [0.1, 0.15) is 4.88 Å². The van der Waals surface area contributed by atoms with E-state index in [-0.39, 0.29) is 0 Å². The van der Waals surface area contributed by atoms with E-state index in [2.05, 4.69) is 26.1 Å². The highest BCUT2D eigenvalue weighted by atomic mass is 35.5. The van der Waals surface area contributed by atoms with E-state index in [4.69, 9.17) is 11.6 Å². The number of anilines is 1. The van der Waals surface area contributed by atoms with E-state index < -0.39 is 0 Å². The molecule has 0 bridgehead atoms. The summed E-state index contributed by atoms with van der Waals surface area (Å²) in [6.07, 6.45) is 1.80. The van der Waals surface area contributed by atoms with Gasteiger partial charge in [-0.3, -0.25) is 0 Å². The van der Waals surface area contributed by atoms with Crippen LogP contribution in [0.2, 0.25) is 4.47 Å². The molecule has 0 fully saturated rings. The van der Waals surface area contributed by atoms with Gasteiger partial charge in [0.1, 0.15) is 0 Å². The average molecular weight is 282 g/mol. The van der Waals surface area contributed by atoms with Gasteiger partial charge in [-0.1, -0.05) is 17.7 Å². The van der Waals surface area contributed by atoms with Crippen LogP contribution in [-0.4, -0.2) is 9.36 Å². The molecule has 1 N–H and O–H groups in total. The SMILES string of the molecule is Clc1ncc(CNc2cccc3nscc23)s1. The Hall–Kier alpha value is -1.17. The van der Waals surface area contributed by atoms with Crippen LogP contribution in [0.25, 0.3) is 10.9 Å². The maximum atomic E-state index is 5.79. The highest BCUT2D eigenvalue weighted by Crippen LogP contribution is 2.25. The van der Waals surface area contributed by atoms with E-state index in [9.17, 15) is 0 Å². The molecule has 0 aliphatic rings. The second-order valence-corrected chi connectivity index (χ2v) is 5.81. The molecule has 1 aromatic carbocycles. The number of hydrogen-bond acceptors (Lipinski definition) is 5. The molecular weight excluding hydrogens is 274 g/mol. The van der Waals surface area contributed by atoms with Gasteiger partial charge in [-0.2, -0.15) is 4.37 Å². The number of aromatic nitrogens is 2. The second kappa shape index (κ2) is 4.60.